The van der Waals surface area contributed by atoms with Gasteiger partial charge in [0.15, 0.2) is 0 Å². The first kappa shape index (κ1) is 15.6. The molecule has 1 aliphatic carbocycles. The van der Waals surface area contributed by atoms with Crippen LogP contribution in [0.2, 0.25) is 0 Å². The molecule has 124 valence electrons. The maximum absolute atomic E-state index is 12.3. The molecule has 1 atom stereocenters. The van der Waals surface area contributed by atoms with E-state index in [9.17, 15) is 14.4 Å². The molecular formula is C16H21N3O4. The highest BCUT2D eigenvalue weighted by Gasteiger charge is 2.36. The number of amides is 4. The van der Waals surface area contributed by atoms with Gasteiger partial charge in [-0.2, -0.15) is 0 Å². The third-order valence-electron chi connectivity index (χ3n) is 4.31. The Morgan fingerprint density at radius 2 is 2.22 bits per heavy atom. The average Bonchev–Trinajstić information content (AvgIpc) is 2.94. The third-order valence-corrected chi connectivity index (χ3v) is 4.31. The Kier molecular flexibility index (Phi) is 3.66. The van der Waals surface area contributed by atoms with Crippen molar-refractivity contribution in [3.05, 3.63) is 23.2 Å². The van der Waals surface area contributed by atoms with Crippen LogP contribution in [0.3, 0.4) is 0 Å². The summed E-state index contributed by atoms with van der Waals surface area (Å²) < 4.78 is 5.74. The molecule has 1 saturated heterocycles. The van der Waals surface area contributed by atoms with Crippen molar-refractivity contribution < 1.29 is 18.8 Å². The lowest BCUT2D eigenvalue weighted by atomic mass is 9.74. The molecule has 7 heteroatoms. The molecule has 0 saturated carbocycles. The quantitative estimate of drug-likeness (QED) is 0.821. The molecule has 1 aromatic rings. The van der Waals surface area contributed by atoms with Crippen molar-refractivity contribution in [1.82, 2.24) is 15.5 Å². The smallest absolute Gasteiger partial charge is 0.325 e. The highest BCUT2D eigenvalue weighted by molar-refractivity contribution is 6.04. The van der Waals surface area contributed by atoms with Crippen LogP contribution in [0.5, 0.6) is 0 Å². The van der Waals surface area contributed by atoms with Crippen LogP contribution < -0.4 is 10.6 Å². The molecule has 2 aliphatic rings. The number of carbonyl (C=O) groups excluding carboxylic acids is 3. The van der Waals surface area contributed by atoms with Gasteiger partial charge < -0.3 is 15.1 Å². The van der Waals surface area contributed by atoms with E-state index in [0.29, 0.717) is 0 Å². The van der Waals surface area contributed by atoms with Crippen LogP contribution in [0.1, 0.15) is 43.4 Å². The molecule has 1 aliphatic heterocycles. The number of hydrogen-bond donors (Lipinski definition) is 2. The summed E-state index contributed by atoms with van der Waals surface area (Å²) in [6.45, 7) is 5.84. The summed E-state index contributed by atoms with van der Waals surface area (Å²) in [5, 5.41) is 5.34. The lowest BCUT2D eigenvalue weighted by Crippen LogP contribution is -2.43. The molecule has 2 N–H and O–H groups in total. The molecule has 0 bridgehead atoms. The molecule has 1 fully saturated rings. The van der Waals surface area contributed by atoms with Crippen molar-refractivity contribution in [3.63, 3.8) is 0 Å². The van der Waals surface area contributed by atoms with Gasteiger partial charge in [0.25, 0.3) is 5.91 Å². The van der Waals surface area contributed by atoms with Gasteiger partial charge in [-0.05, 0) is 24.8 Å². The normalized spacial score (nSPS) is 22.7. The van der Waals surface area contributed by atoms with E-state index in [1.807, 2.05) is 13.0 Å². The Morgan fingerprint density at radius 3 is 2.87 bits per heavy atom. The summed E-state index contributed by atoms with van der Waals surface area (Å²) in [6.07, 6.45) is 1.61. The van der Waals surface area contributed by atoms with Gasteiger partial charge in [-0.25, -0.2) is 4.79 Å². The van der Waals surface area contributed by atoms with Crippen LogP contribution in [0, 0.1) is 12.3 Å². The second-order valence-corrected chi connectivity index (χ2v) is 7.04. The third kappa shape index (κ3) is 3.09. The zero-order chi connectivity index (χ0) is 16.8. The first-order chi connectivity index (χ1) is 10.7. The summed E-state index contributed by atoms with van der Waals surface area (Å²) in [4.78, 5) is 36.3. The fraction of sp³-hybridized carbons (Fsp3) is 0.562. The van der Waals surface area contributed by atoms with Crippen molar-refractivity contribution in [2.75, 3.05) is 13.1 Å². The van der Waals surface area contributed by atoms with Crippen LogP contribution in [-0.4, -0.2) is 35.8 Å². The Balaban J connectivity index is 1.73. The average molecular weight is 319 g/mol. The molecule has 0 radical (unpaired) electrons. The fourth-order valence-electron chi connectivity index (χ4n) is 3.31. The van der Waals surface area contributed by atoms with Crippen molar-refractivity contribution in [2.24, 2.45) is 5.41 Å². The Morgan fingerprint density at radius 1 is 1.48 bits per heavy atom. The minimum Gasteiger partial charge on any atom is -0.466 e. The number of fused-ring (bicyclic) bond motifs is 1. The standard InChI is InChI=1S/C16H21N3O4/c1-9-4-10-11(5-16(2,3)6-12(10)23-9)18-13(20)8-19-14(21)7-17-15(19)22/h4,11H,5-8H2,1-3H3,(H,17,22)(H,18,20)/t11-/m1/s1. The Bertz CT molecular complexity index is 661. The van der Waals surface area contributed by atoms with Crippen LogP contribution >= 0.6 is 0 Å². The predicted octanol–water partition coefficient (Wildman–Crippen LogP) is 1.27. The van der Waals surface area contributed by atoms with Gasteiger partial charge in [-0.3, -0.25) is 14.5 Å². The molecule has 2 heterocycles. The van der Waals surface area contributed by atoms with Crippen LogP contribution in [0.25, 0.3) is 0 Å². The second kappa shape index (κ2) is 5.40. The summed E-state index contributed by atoms with van der Waals surface area (Å²) in [6, 6.07) is 1.26. The van der Waals surface area contributed by atoms with Crippen LogP contribution in [0.15, 0.2) is 10.5 Å². The molecule has 0 aromatic carbocycles. The number of aryl methyl sites for hydroxylation is 1. The summed E-state index contributed by atoms with van der Waals surface area (Å²) in [5.41, 5.74) is 1.00. The van der Waals surface area contributed by atoms with Gasteiger partial charge in [-0.1, -0.05) is 13.8 Å². The summed E-state index contributed by atoms with van der Waals surface area (Å²) >= 11 is 0. The topological polar surface area (TPSA) is 91.7 Å². The van der Waals surface area contributed by atoms with Gasteiger partial charge in [-0.15, -0.1) is 0 Å². The minimum atomic E-state index is -0.519. The number of furan rings is 1. The van der Waals surface area contributed by atoms with E-state index in [0.717, 1.165) is 34.8 Å². The van der Waals surface area contributed by atoms with E-state index in [1.165, 1.54) is 0 Å². The maximum atomic E-state index is 12.3. The molecular weight excluding hydrogens is 298 g/mol. The van der Waals surface area contributed by atoms with Crippen molar-refractivity contribution >= 4 is 17.8 Å². The largest absolute Gasteiger partial charge is 0.466 e. The number of urea groups is 1. The van der Waals surface area contributed by atoms with Crippen molar-refractivity contribution in [1.29, 1.82) is 0 Å². The number of rotatable bonds is 3. The molecule has 7 nitrogen and oxygen atoms in total. The zero-order valence-electron chi connectivity index (χ0n) is 13.6. The van der Waals surface area contributed by atoms with Crippen LogP contribution in [0.4, 0.5) is 4.79 Å². The van der Waals surface area contributed by atoms with E-state index < -0.39 is 6.03 Å². The SMILES string of the molecule is Cc1cc2c(o1)CC(C)(C)C[C@H]2NC(=O)CN1C(=O)CNC1=O. The minimum absolute atomic E-state index is 0.01000. The van der Waals surface area contributed by atoms with Crippen molar-refractivity contribution in [2.45, 2.75) is 39.7 Å². The van der Waals surface area contributed by atoms with E-state index in [2.05, 4.69) is 24.5 Å². The number of nitrogens with zero attached hydrogens (tertiary/aromatic N) is 1. The Hall–Kier alpha value is -2.31. The zero-order valence-corrected chi connectivity index (χ0v) is 13.6. The van der Waals surface area contributed by atoms with Gasteiger partial charge in [0.05, 0.1) is 12.6 Å². The predicted molar refractivity (Wildman–Crippen MR) is 81.5 cm³/mol. The highest BCUT2D eigenvalue weighted by Crippen LogP contribution is 2.41. The molecule has 0 unspecified atom stereocenters. The van der Waals surface area contributed by atoms with E-state index in [1.54, 1.807) is 0 Å². The lowest BCUT2D eigenvalue weighted by molar-refractivity contribution is -0.131. The number of imide groups is 1. The fourth-order valence-corrected chi connectivity index (χ4v) is 3.31. The van der Waals surface area contributed by atoms with Gasteiger partial charge in [0.2, 0.25) is 5.91 Å². The lowest BCUT2D eigenvalue weighted by Gasteiger charge is -2.34. The number of nitrogens with one attached hydrogen (secondary N) is 2. The Labute approximate surface area is 134 Å². The van der Waals surface area contributed by atoms with Gasteiger partial charge >= 0.3 is 6.03 Å². The molecule has 4 amide bonds. The maximum Gasteiger partial charge on any atom is 0.325 e. The first-order valence-corrected chi connectivity index (χ1v) is 7.72. The number of carbonyl (C=O) groups is 3. The highest BCUT2D eigenvalue weighted by atomic mass is 16.3. The summed E-state index contributed by atoms with van der Waals surface area (Å²) in [5.74, 6) is 0.997. The second-order valence-electron chi connectivity index (χ2n) is 7.04. The molecule has 3 rings (SSSR count). The van der Waals surface area contributed by atoms with E-state index in [-0.39, 0.29) is 36.4 Å². The molecule has 0 spiro atoms. The first-order valence-electron chi connectivity index (χ1n) is 7.72. The number of hydrogen-bond acceptors (Lipinski definition) is 4. The molecule has 1 aromatic heterocycles. The van der Waals surface area contributed by atoms with Gasteiger partial charge in [0, 0.05) is 12.0 Å². The van der Waals surface area contributed by atoms with E-state index >= 15 is 0 Å². The monoisotopic (exact) mass is 319 g/mol. The molecule has 23 heavy (non-hydrogen) atoms. The van der Waals surface area contributed by atoms with Crippen LogP contribution in [-0.2, 0) is 16.0 Å². The summed E-state index contributed by atoms with van der Waals surface area (Å²) in [7, 11) is 0. The van der Waals surface area contributed by atoms with E-state index in [4.69, 9.17) is 4.42 Å². The van der Waals surface area contributed by atoms with Gasteiger partial charge in [0.1, 0.15) is 18.1 Å². The van der Waals surface area contributed by atoms with Crippen molar-refractivity contribution in [3.8, 4) is 0 Å².